The number of halogens is 2. The lowest BCUT2D eigenvalue weighted by atomic mass is 9.79. The van der Waals surface area contributed by atoms with Gasteiger partial charge in [0.15, 0.2) is 6.61 Å². The van der Waals surface area contributed by atoms with Crippen LogP contribution in [0.2, 0.25) is 0 Å². The smallest absolute Gasteiger partial charge is 0.338 e. The van der Waals surface area contributed by atoms with Crippen LogP contribution in [0.5, 0.6) is 0 Å². The predicted molar refractivity (Wildman–Crippen MR) is 125 cm³/mol. The van der Waals surface area contributed by atoms with E-state index in [-0.39, 0.29) is 17.4 Å². The van der Waals surface area contributed by atoms with Crippen molar-refractivity contribution in [2.24, 2.45) is 0 Å². The van der Waals surface area contributed by atoms with Crippen LogP contribution in [0.25, 0.3) is 0 Å². The van der Waals surface area contributed by atoms with Crippen molar-refractivity contribution in [2.45, 2.75) is 52.4 Å². The Morgan fingerprint density at radius 2 is 1.45 bits per heavy atom. The van der Waals surface area contributed by atoms with Crippen molar-refractivity contribution >= 4 is 49.4 Å². The summed E-state index contributed by atoms with van der Waals surface area (Å²) in [5, 5.41) is 2.73. The molecule has 1 N–H and O–H groups in total. The van der Waals surface area contributed by atoms with Crippen LogP contribution >= 0.6 is 31.9 Å². The van der Waals surface area contributed by atoms with Crippen molar-refractivity contribution in [1.29, 1.82) is 0 Å². The Balaban J connectivity index is 2.14. The van der Waals surface area contributed by atoms with Gasteiger partial charge in [0.1, 0.15) is 0 Å². The van der Waals surface area contributed by atoms with E-state index in [0.717, 1.165) is 20.1 Å². The molecule has 0 spiro atoms. The van der Waals surface area contributed by atoms with Crippen LogP contribution in [-0.4, -0.2) is 18.5 Å². The average molecular weight is 525 g/mol. The number of carbonyl (C=O) groups is 2. The maximum absolute atomic E-state index is 12.7. The first-order valence-electron chi connectivity index (χ1n) is 9.35. The van der Waals surface area contributed by atoms with Gasteiger partial charge in [0, 0.05) is 8.95 Å². The Morgan fingerprint density at radius 3 is 1.93 bits per heavy atom. The van der Waals surface area contributed by atoms with Crippen LogP contribution in [0.1, 0.15) is 63.0 Å². The van der Waals surface area contributed by atoms with Gasteiger partial charge in [0.2, 0.25) is 0 Å². The van der Waals surface area contributed by atoms with Crippen LogP contribution in [0.15, 0.2) is 45.3 Å². The molecule has 0 unspecified atom stereocenters. The summed E-state index contributed by atoms with van der Waals surface area (Å²) < 4.78 is 6.91. The Kier molecular flexibility index (Phi) is 7.33. The normalized spacial score (nSPS) is 11.9. The number of esters is 1. The third kappa shape index (κ3) is 6.68. The van der Waals surface area contributed by atoms with Crippen molar-refractivity contribution in [3.63, 3.8) is 0 Å². The SMILES string of the molecule is CC(C)(C)c1cc(C(=O)OCC(=O)Nc2ccc(Br)cc2Br)cc(C(C)(C)C)c1. The van der Waals surface area contributed by atoms with Gasteiger partial charge in [-0.15, -0.1) is 0 Å². The predicted octanol–water partition coefficient (Wildman–Crippen LogP) is 6.60. The Bertz CT molecular complexity index is 892. The van der Waals surface area contributed by atoms with Gasteiger partial charge in [-0.25, -0.2) is 4.79 Å². The van der Waals surface area contributed by atoms with Gasteiger partial charge < -0.3 is 10.1 Å². The Hall–Kier alpha value is -1.66. The van der Waals surface area contributed by atoms with E-state index in [1.54, 1.807) is 6.07 Å². The number of hydrogen-bond donors (Lipinski definition) is 1. The van der Waals surface area contributed by atoms with E-state index in [2.05, 4.69) is 84.8 Å². The number of ether oxygens (including phenoxy) is 1. The summed E-state index contributed by atoms with van der Waals surface area (Å²) in [6.07, 6.45) is 0. The molecule has 0 bridgehead atoms. The standard InChI is InChI=1S/C23H27Br2NO3/c1-22(2,3)15-9-14(10-16(11-15)23(4,5)6)21(28)29-13-20(27)26-19-8-7-17(24)12-18(19)25/h7-12H,13H2,1-6H3,(H,26,27). The minimum atomic E-state index is -0.508. The number of hydrogen-bond acceptors (Lipinski definition) is 3. The fourth-order valence-electron chi connectivity index (χ4n) is 2.60. The second-order valence-electron chi connectivity index (χ2n) is 9.05. The highest BCUT2D eigenvalue weighted by Gasteiger charge is 2.23. The Morgan fingerprint density at radius 1 is 0.897 bits per heavy atom. The van der Waals surface area contributed by atoms with Gasteiger partial charge in [-0.05, 0) is 68.2 Å². The fourth-order valence-corrected chi connectivity index (χ4v) is 3.75. The lowest BCUT2D eigenvalue weighted by molar-refractivity contribution is -0.119. The second kappa shape index (κ2) is 9.00. The number of benzene rings is 2. The van der Waals surface area contributed by atoms with Crippen LogP contribution in [-0.2, 0) is 20.4 Å². The van der Waals surface area contributed by atoms with Crippen molar-refractivity contribution in [3.8, 4) is 0 Å². The molecule has 0 aliphatic rings. The quantitative estimate of drug-likeness (QED) is 0.458. The minimum absolute atomic E-state index is 0.110. The highest BCUT2D eigenvalue weighted by molar-refractivity contribution is 9.11. The first-order valence-corrected chi connectivity index (χ1v) is 10.9. The van der Waals surface area contributed by atoms with Crippen molar-refractivity contribution < 1.29 is 14.3 Å². The van der Waals surface area contributed by atoms with E-state index in [0.29, 0.717) is 11.3 Å². The zero-order valence-electron chi connectivity index (χ0n) is 17.7. The van der Waals surface area contributed by atoms with Gasteiger partial charge in [-0.1, -0.05) is 63.5 Å². The molecule has 0 fully saturated rings. The van der Waals surface area contributed by atoms with E-state index in [1.807, 2.05) is 24.3 Å². The molecule has 0 saturated carbocycles. The molecular weight excluding hydrogens is 498 g/mol. The van der Waals surface area contributed by atoms with Gasteiger partial charge in [-0.3, -0.25) is 4.79 Å². The summed E-state index contributed by atoms with van der Waals surface area (Å²) >= 11 is 6.76. The first kappa shape index (κ1) is 23.6. The third-order valence-electron chi connectivity index (χ3n) is 4.44. The zero-order chi connectivity index (χ0) is 22.0. The van der Waals surface area contributed by atoms with E-state index >= 15 is 0 Å². The molecule has 2 rings (SSSR count). The lowest BCUT2D eigenvalue weighted by Gasteiger charge is -2.25. The summed E-state index contributed by atoms with van der Waals surface area (Å²) in [5.74, 6) is -0.906. The molecule has 0 radical (unpaired) electrons. The molecule has 0 aromatic heterocycles. The number of carbonyl (C=O) groups excluding carboxylic acids is 2. The minimum Gasteiger partial charge on any atom is -0.452 e. The maximum atomic E-state index is 12.7. The maximum Gasteiger partial charge on any atom is 0.338 e. The van der Waals surface area contributed by atoms with Crippen LogP contribution in [0, 0.1) is 0 Å². The van der Waals surface area contributed by atoms with Crippen molar-refractivity contribution in [2.75, 3.05) is 11.9 Å². The zero-order valence-corrected chi connectivity index (χ0v) is 20.8. The van der Waals surface area contributed by atoms with Crippen molar-refractivity contribution in [1.82, 2.24) is 0 Å². The van der Waals surface area contributed by atoms with Crippen molar-refractivity contribution in [3.05, 3.63) is 62.0 Å². The number of rotatable bonds is 4. The van der Waals surface area contributed by atoms with Gasteiger partial charge in [-0.2, -0.15) is 0 Å². The number of amides is 1. The summed E-state index contributed by atoms with van der Waals surface area (Å²) in [4.78, 5) is 24.9. The highest BCUT2D eigenvalue weighted by Crippen LogP contribution is 2.30. The number of nitrogens with one attached hydrogen (secondary N) is 1. The molecule has 2 aromatic carbocycles. The molecule has 0 saturated heterocycles. The number of anilines is 1. The molecule has 0 atom stereocenters. The summed E-state index contributed by atoms with van der Waals surface area (Å²) in [6.45, 7) is 12.3. The van der Waals surface area contributed by atoms with E-state index in [1.165, 1.54) is 0 Å². The summed E-state index contributed by atoms with van der Waals surface area (Å²) in [7, 11) is 0. The fraction of sp³-hybridized carbons (Fsp3) is 0.391. The molecule has 156 valence electrons. The summed E-state index contributed by atoms with van der Waals surface area (Å²) in [6, 6.07) is 11.2. The molecule has 2 aromatic rings. The molecule has 0 aliphatic heterocycles. The molecule has 0 heterocycles. The lowest BCUT2D eigenvalue weighted by Crippen LogP contribution is -2.22. The van der Waals surface area contributed by atoms with E-state index < -0.39 is 11.9 Å². The van der Waals surface area contributed by atoms with Crippen LogP contribution in [0.4, 0.5) is 5.69 Å². The van der Waals surface area contributed by atoms with Crippen LogP contribution in [0.3, 0.4) is 0 Å². The second-order valence-corrected chi connectivity index (χ2v) is 10.8. The Labute approximate surface area is 189 Å². The molecule has 1 amide bonds. The third-order valence-corrected chi connectivity index (χ3v) is 5.59. The van der Waals surface area contributed by atoms with E-state index in [4.69, 9.17) is 4.74 Å². The molecule has 29 heavy (non-hydrogen) atoms. The molecule has 4 nitrogen and oxygen atoms in total. The molecule has 0 aliphatic carbocycles. The molecular formula is C23H27Br2NO3. The van der Waals surface area contributed by atoms with Crippen LogP contribution < -0.4 is 5.32 Å². The van der Waals surface area contributed by atoms with Gasteiger partial charge in [0.25, 0.3) is 5.91 Å². The summed E-state index contributed by atoms with van der Waals surface area (Å²) in [5.41, 5.74) is 2.96. The largest absolute Gasteiger partial charge is 0.452 e. The molecule has 6 heteroatoms. The van der Waals surface area contributed by atoms with Gasteiger partial charge in [0.05, 0.1) is 11.3 Å². The van der Waals surface area contributed by atoms with E-state index in [9.17, 15) is 9.59 Å². The highest BCUT2D eigenvalue weighted by atomic mass is 79.9. The first-order chi connectivity index (χ1) is 13.3. The average Bonchev–Trinajstić information content (AvgIpc) is 2.60. The topological polar surface area (TPSA) is 55.4 Å². The van der Waals surface area contributed by atoms with Gasteiger partial charge >= 0.3 is 5.97 Å². The monoisotopic (exact) mass is 523 g/mol.